The van der Waals surface area contributed by atoms with Gasteiger partial charge in [-0.2, -0.15) is 0 Å². The van der Waals surface area contributed by atoms with Gasteiger partial charge in [0.25, 0.3) is 0 Å². The summed E-state index contributed by atoms with van der Waals surface area (Å²) in [7, 11) is 0. The van der Waals surface area contributed by atoms with E-state index in [2.05, 4.69) is 35.7 Å². The lowest BCUT2D eigenvalue weighted by Gasteiger charge is -2.09. The molecule has 3 heteroatoms. The highest BCUT2D eigenvalue weighted by Gasteiger charge is 2.06. The predicted molar refractivity (Wildman–Crippen MR) is 75.5 cm³/mol. The van der Waals surface area contributed by atoms with Gasteiger partial charge in [0.1, 0.15) is 5.75 Å². The van der Waals surface area contributed by atoms with Crippen molar-refractivity contribution in [3.63, 3.8) is 0 Å². The van der Waals surface area contributed by atoms with Crippen molar-refractivity contribution in [1.82, 2.24) is 0 Å². The second kappa shape index (κ2) is 8.43. The van der Waals surface area contributed by atoms with Crippen LogP contribution in [0.15, 0.2) is 42.4 Å². The Kier molecular flexibility index (Phi) is 8.04. The average molecular weight is 304 g/mol. The molecule has 0 unspecified atom stereocenters. The molecule has 16 heavy (non-hydrogen) atoms. The molecule has 0 fully saturated rings. The van der Waals surface area contributed by atoms with Crippen molar-refractivity contribution >= 4 is 27.5 Å². The van der Waals surface area contributed by atoms with Crippen LogP contribution in [0.25, 0.3) is 0 Å². The molecule has 1 aromatic rings. The Labute approximate surface area is 111 Å². The molecule has 0 heterocycles. The van der Waals surface area contributed by atoms with E-state index >= 15 is 0 Å². The molecule has 1 aromatic carbocycles. The van der Waals surface area contributed by atoms with E-state index < -0.39 is 0 Å². The van der Waals surface area contributed by atoms with Crippen molar-refractivity contribution in [2.75, 3.05) is 6.61 Å². The standard InChI is InChI=1S/C11H12BrClO.C2H4/c1-3-4-7-14-10-6-5-9(13)8(2)11(10)12;1-2/h3,5-6H,1,4,7H2,2H3;1-2H2. The Balaban J connectivity index is 0.00000106. The number of hydrogen-bond acceptors (Lipinski definition) is 1. The van der Waals surface area contributed by atoms with Gasteiger partial charge in [-0.3, -0.25) is 0 Å². The summed E-state index contributed by atoms with van der Waals surface area (Å²) in [6.45, 7) is 12.2. The van der Waals surface area contributed by atoms with E-state index in [1.807, 2.05) is 25.1 Å². The lowest BCUT2D eigenvalue weighted by Crippen LogP contribution is -1.97. The zero-order chi connectivity index (χ0) is 12.6. The fourth-order valence-corrected chi connectivity index (χ4v) is 1.73. The molecule has 1 rings (SSSR count). The van der Waals surface area contributed by atoms with Crippen molar-refractivity contribution in [2.24, 2.45) is 0 Å². The molecule has 0 saturated heterocycles. The molecule has 0 bridgehead atoms. The Morgan fingerprint density at radius 3 is 2.62 bits per heavy atom. The van der Waals surface area contributed by atoms with Gasteiger partial charge in [0.15, 0.2) is 0 Å². The van der Waals surface area contributed by atoms with Crippen LogP contribution in [-0.4, -0.2) is 6.61 Å². The third kappa shape index (κ3) is 4.42. The third-order valence-corrected chi connectivity index (χ3v) is 3.26. The van der Waals surface area contributed by atoms with Crippen molar-refractivity contribution < 1.29 is 4.74 Å². The third-order valence-electron chi connectivity index (χ3n) is 1.86. The van der Waals surface area contributed by atoms with E-state index in [9.17, 15) is 0 Å². The summed E-state index contributed by atoms with van der Waals surface area (Å²) in [5, 5.41) is 0.743. The first kappa shape index (κ1) is 15.3. The average Bonchev–Trinajstić information content (AvgIpc) is 2.32. The highest BCUT2D eigenvalue weighted by atomic mass is 79.9. The first-order chi connectivity index (χ1) is 7.66. The Hall–Kier alpha value is -0.730. The minimum Gasteiger partial charge on any atom is -0.492 e. The molecule has 88 valence electrons. The van der Waals surface area contributed by atoms with Crippen molar-refractivity contribution in [3.05, 3.63) is 53.0 Å². The minimum absolute atomic E-state index is 0.642. The summed E-state index contributed by atoms with van der Waals surface area (Å²) in [6, 6.07) is 3.70. The van der Waals surface area contributed by atoms with E-state index in [4.69, 9.17) is 16.3 Å². The van der Waals surface area contributed by atoms with Crippen LogP contribution in [0.3, 0.4) is 0 Å². The quantitative estimate of drug-likeness (QED) is 0.551. The Bertz CT molecular complexity index is 350. The van der Waals surface area contributed by atoms with Crippen molar-refractivity contribution in [1.29, 1.82) is 0 Å². The Morgan fingerprint density at radius 2 is 2.06 bits per heavy atom. The van der Waals surface area contributed by atoms with Gasteiger partial charge < -0.3 is 4.74 Å². The number of benzene rings is 1. The van der Waals surface area contributed by atoms with Gasteiger partial charge in [-0.1, -0.05) is 17.7 Å². The molecule has 0 spiro atoms. The maximum Gasteiger partial charge on any atom is 0.133 e. The summed E-state index contributed by atoms with van der Waals surface area (Å²) in [5.41, 5.74) is 1.00. The van der Waals surface area contributed by atoms with E-state index in [1.54, 1.807) is 0 Å². The first-order valence-electron chi connectivity index (χ1n) is 4.85. The van der Waals surface area contributed by atoms with E-state index in [0.29, 0.717) is 6.61 Å². The topological polar surface area (TPSA) is 9.23 Å². The fraction of sp³-hybridized carbons (Fsp3) is 0.231. The normalized spacial score (nSPS) is 8.94. The monoisotopic (exact) mass is 302 g/mol. The molecule has 0 aliphatic carbocycles. The smallest absolute Gasteiger partial charge is 0.133 e. The Morgan fingerprint density at radius 1 is 1.44 bits per heavy atom. The summed E-state index contributed by atoms with van der Waals surface area (Å²) < 4.78 is 6.46. The molecule has 0 aliphatic heterocycles. The van der Waals surface area contributed by atoms with Crippen LogP contribution in [0.4, 0.5) is 0 Å². The van der Waals surface area contributed by atoms with Crippen LogP contribution in [0.1, 0.15) is 12.0 Å². The lowest BCUT2D eigenvalue weighted by atomic mass is 10.2. The van der Waals surface area contributed by atoms with Crippen LogP contribution in [0.2, 0.25) is 5.02 Å². The van der Waals surface area contributed by atoms with Crippen molar-refractivity contribution in [3.8, 4) is 5.75 Å². The number of rotatable bonds is 4. The van der Waals surface area contributed by atoms with Gasteiger partial charge in [-0.05, 0) is 47.0 Å². The number of ether oxygens (including phenoxy) is 1. The summed E-state index contributed by atoms with van der Waals surface area (Å²) in [6.07, 6.45) is 2.67. The SMILES string of the molecule is C=C.C=CCCOc1ccc(Cl)c(C)c1Br. The highest BCUT2D eigenvalue weighted by molar-refractivity contribution is 9.10. The van der Waals surface area contributed by atoms with Crippen molar-refractivity contribution in [2.45, 2.75) is 13.3 Å². The zero-order valence-electron chi connectivity index (χ0n) is 9.43. The zero-order valence-corrected chi connectivity index (χ0v) is 11.8. The molecule has 1 nitrogen and oxygen atoms in total. The molecule has 0 aliphatic rings. The molecular formula is C13H16BrClO. The molecule has 0 radical (unpaired) electrons. The van der Waals surface area contributed by atoms with E-state index in [-0.39, 0.29) is 0 Å². The maximum absolute atomic E-state index is 5.95. The number of hydrogen-bond donors (Lipinski definition) is 0. The molecule has 0 amide bonds. The number of halogens is 2. The van der Waals surface area contributed by atoms with Gasteiger partial charge >= 0.3 is 0 Å². The molecule has 0 atom stereocenters. The highest BCUT2D eigenvalue weighted by Crippen LogP contribution is 2.32. The lowest BCUT2D eigenvalue weighted by molar-refractivity contribution is 0.323. The molecular weight excluding hydrogens is 287 g/mol. The molecule has 0 aromatic heterocycles. The van der Waals surface area contributed by atoms with Gasteiger partial charge in [-0.25, -0.2) is 0 Å². The summed E-state index contributed by atoms with van der Waals surface area (Å²) in [4.78, 5) is 0. The van der Waals surface area contributed by atoms with Gasteiger partial charge in [0.2, 0.25) is 0 Å². The second-order valence-electron chi connectivity index (χ2n) is 2.91. The first-order valence-corrected chi connectivity index (χ1v) is 6.02. The minimum atomic E-state index is 0.642. The molecule has 0 N–H and O–H groups in total. The molecule has 0 saturated carbocycles. The fourth-order valence-electron chi connectivity index (χ4n) is 1.00. The largest absolute Gasteiger partial charge is 0.492 e. The predicted octanol–water partition coefficient (Wildman–Crippen LogP) is 5.17. The van der Waals surface area contributed by atoms with Crippen LogP contribution in [-0.2, 0) is 0 Å². The van der Waals surface area contributed by atoms with Crippen LogP contribution in [0, 0.1) is 6.92 Å². The van der Waals surface area contributed by atoms with Gasteiger partial charge in [0.05, 0.1) is 11.1 Å². The van der Waals surface area contributed by atoms with E-state index in [0.717, 1.165) is 27.2 Å². The summed E-state index contributed by atoms with van der Waals surface area (Å²) in [5.74, 6) is 0.828. The van der Waals surface area contributed by atoms with E-state index in [1.165, 1.54) is 0 Å². The van der Waals surface area contributed by atoms with Gasteiger partial charge in [0, 0.05) is 5.02 Å². The summed E-state index contributed by atoms with van der Waals surface area (Å²) >= 11 is 9.39. The van der Waals surface area contributed by atoms with Crippen LogP contribution < -0.4 is 4.74 Å². The maximum atomic E-state index is 5.95. The van der Waals surface area contributed by atoms with Crippen LogP contribution in [0.5, 0.6) is 5.75 Å². The van der Waals surface area contributed by atoms with Gasteiger partial charge in [-0.15, -0.1) is 19.7 Å². The van der Waals surface area contributed by atoms with Crippen LogP contribution >= 0.6 is 27.5 Å². The second-order valence-corrected chi connectivity index (χ2v) is 4.11.